The molecule has 0 amide bonds. The summed E-state index contributed by atoms with van der Waals surface area (Å²) in [4.78, 5) is 19.2. The van der Waals surface area contributed by atoms with Gasteiger partial charge in [0.1, 0.15) is 17.7 Å². The first-order valence-corrected chi connectivity index (χ1v) is 15.6. The van der Waals surface area contributed by atoms with Gasteiger partial charge in [0.2, 0.25) is 0 Å². The molecule has 0 N–H and O–H groups in total. The van der Waals surface area contributed by atoms with Crippen LogP contribution in [0.1, 0.15) is 29.5 Å². The molecule has 2 aliphatic heterocycles. The highest BCUT2D eigenvalue weighted by molar-refractivity contribution is 8.10. The molecule has 8 nitrogen and oxygen atoms in total. The van der Waals surface area contributed by atoms with Crippen LogP contribution in [0.2, 0.25) is 0 Å². The summed E-state index contributed by atoms with van der Waals surface area (Å²) in [5.74, 6) is -5.44. The predicted molar refractivity (Wildman–Crippen MR) is 139 cm³/mol. The summed E-state index contributed by atoms with van der Waals surface area (Å²) >= 11 is 0. The number of carbonyl (C=O) groups is 1. The molecule has 0 spiro atoms. The minimum atomic E-state index is -5.11. The second-order valence-corrected chi connectivity index (χ2v) is 14.3. The lowest BCUT2D eigenvalue weighted by molar-refractivity contribution is -0.140. The Morgan fingerprint density at radius 3 is 2.40 bits per heavy atom. The van der Waals surface area contributed by atoms with Crippen molar-refractivity contribution in [3.8, 4) is 0 Å². The third-order valence-electron chi connectivity index (χ3n) is 6.63. The number of allylic oxidation sites excluding steroid dienone is 1. The molecule has 216 valence electrons. The zero-order valence-corrected chi connectivity index (χ0v) is 23.1. The van der Waals surface area contributed by atoms with Crippen molar-refractivity contribution in [3.05, 3.63) is 82.3 Å². The molecule has 1 saturated heterocycles. The molecule has 14 heteroatoms. The van der Waals surface area contributed by atoms with Crippen LogP contribution in [0, 0.1) is 5.82 Å². The lowest BCUT2D eigenvalue weighted by Gasteiger charge is -2.36. The van der Waals surface area contributed by atoms with E-state index >= 15 is 4.39 Å². The van der Waals surface area contributed by atoms with Crippen molar-refractivity contribution in [2.24, 2.45) is 4.99 Å². The van der Waals surface area contributed by atoms with Crippen LogP contribution in [0.5, 0.6) is 0 Å². The van der Waals surface area contributed by atoms with E-state index in [0.717, 1.165) is 17.7 Å². The molecule has 4 rings (SSSR count). The molecule has 0 bridgehead atoms. The SMILES string of the molecule is CC1=C(C(=O)OCCN(C)Cc2ccccc2)C(c2cccc(C(F)(F)F)c2F)C2C(=N1)CS(=O)(=O)CS2(=O)=O. The van der Waals surface area contributed by atoms with Crippen LogP contribution in [-0.2, 0) is 41.9 Å². The predicted octanol–water partition coefficient (Wildman–Crippen LogP) is 3.50. The highest BCUT2D eigenvalue weighted by Gasteiger charge is 2.52. The number of likely N-dealkylation sites (N-methyl/N-ethyl adjacent to an activating group) is 1. The number of hydrogen-bond donors (Lipinski definition) is 0. The Kier molecular flexibility index (Phi) is 8.25. The Bertz CT molecular complexity index is 1590. The van der Waals surface area contributed by atoms with Crippen molar-refractivity contribution in [1.82, 2.24) is 4.90 Å². The topological polar surface area (TPSA) is 110 Å². The van der Waals surface area contributed by atoms with Crippen LogP contribution < -0.4 is 0 Å². The summed E-state index contributed by atoms with van der Waals surface area (Å²) < 4.78 is 112. The van der Waals surface area contributed by atoms with Crippen molar-refractivity contribution in [2.75, 3.05) is 31.0 Å². The van der Waals surface area contributed by atoms with Gasteiger partial charge in [0.05, 0.1) is 22.6 Å². The van der Waals surface area contributed by atoms with E-state index in [2.05, 4.69) is 4.99 Å². The van der Waals surface area contributed by atoms with E-state index in [9.17, 15) is 34.8 Å². The number of rotatable bonds is 7. The number of nitrogens with zero attached hydrogens (tertiary/aromatic N) is 2. The van der Waals surface area contributed by atoms with Gasteiger partial charge in [-0.15, -0.1) is 0 Å². The molecule has 0 aliphatic carbocycles. The monoisotopic (exact) mass is 602 g/mol. The maximum Gasteiger partial charge on any atom is 0.419 e. The van der Waals surface area contributed by atoms with Gasteiger partial charge < -0.3 is 4.74 Å². The standard InChI is InChI=1S/C26H26F4N2O6S2/c1-16-21(25(33)38-12-11-32(2)13-17-7-4-3-5-8-17)22(18-9-6-10-19(23(18)27)26(28,29)30)24-20(31-16)14-39(34,35)15-40(24,36)37/h3-10,22,24H,11-15H2,1-2H3. The molecule has 0 radical (unpaired) electrons. The number of carbonyl (C=O) groups excluding carboxylic acids is 1. The van der Waals surface area contributed by atoms with Gasteiger partial charge >= 0.3 is 12.1 Å². The van der Waals surface area contributed by atoms with Crippen molar-refractivity contribution < 1.29 is 43.9 Å². The number of benzene rings is 2. The second-order valence-electron chi connectivity index (χ2n) is 9.73. The van der Waals surface area contributed by atoms with Crippen molar-refractivity contribution in [3.63, 3.8) is 0 Å². The molecule has 0 saturated carbocycles. The quantitative estimate of drug-likeness (QED) is 0.353. The summed E-state index contributed by atoms with van der Waals surface area (Å²) in [7, 11) is -7.01. The average molecular weight is 603 g/mol. The minimum absolute atomic E-state index is 0.164. The summed E-state index contributed by atoms with van der Waals surface area (Å²) in [5, 5.41) is -3.17. The molecule has 1 fully saturated rings. The van der Waals surface area contributed by atoms with E-state index in [4.69, 9.17) is 4.74 Å². The highest BCUT2D eigenvalue weighted by atomic mass is 32.3. The van der Waals surface area contributed by atoms with Crippen LogP contribution in [-0.4, -0.2) is 69.7 Å². The Hall–Kier alpha value is -3.10. The smallest absolute Gasteiger partial charge is 0.419 e. The van der Waals surface area contributed by atoms with Gasteiger partial charge in [0.15, 0.2) is 24.8 Å². The number of alkyl halides is 3. The van der Waals surface area contributed by atoms with Gasteiger partial charge in [-0.3, -0.25) is 9.89 Å². The zero-order chi connectivity index (χ0) is 29.5. The number of aliphatic imine (C=N–C) groups is 1. The van der Waals surface area contributed by atoms with Crippen LogP contribution in [0.25, 0.3) is 0 Å². The van der Waals surface area contributed by atoms with Crippen LogP contribution >= 0.6 is 0 Å². The lowest BCUT2D eigenvalue weighted by Crippen LogP contribution is -2.50. The fraction of sp³-hybridized carbons (Fsp3) is 0.385. The van der Waals surface area contributed by atoms with E-state index in [1.54, 1.807) is 7.05 Å². The third kappa shape index (κ3) is 6.28. The van der Waals surface area contributed by atoms with Gasteiger partial charge in [-0.1, -0.05) is 42.5 Å². The van der Waals surface area contributed by atoms with Crippen molar-refractivity contribution in [2.45, 2.75) is 30.8 Å². The summed E-state index contributed by atoms with van der Waals surface area (Å²) in [6, 6.07) is 11.8. The molecule has 40 heavy (non-hydrogen) atoms. The molecule has 2 heterocycles. The van der Waals surface area contributed by atoms with Gasteiger partial charge in [-0.25, -0.2) is 26.0 Å². The fourth-order valence-corrected chi connectivity index (χ4v) is 9.95. The third-order valence-corrected chi connectivity index (χ3v) is 11.4. The van der Waals surface area contributed by atoms with Crippen molar-refractivity contribution in [1.29, 1.82) is 0 Å². The van der Waals surface area contributed by atoms with Gasteiger partial charge in [-0.05, 0) is 31.2 Å². The Morgan fingerprint density at radius 2 is 1.75 bits per heavy atom. The molecule has 2 aromatic rings. The van der Waals surface area contributed by atoms with Crippen LogP contribution in [0.15, 0.2) is 64.8 Å². The maximum absolute atomic E-state index is 15.4. The van der Waals surface area contributed by atoms with E-state index in [1.165, 1.54) is 6.92 Å². The van der Waals surface area contributed by atoms with Crippen LogP contribution in [0.3, 0.4) is 0 Å². The van der Waals surface area contributed by atoms with Crippen LogP contribution in [0.4, 0.5) is 17.6 Å². The minimum Gasteiger partial charge on any atom is -0.461 e. The Balaban J connectivity index is 1.71. The van der Waals surface area contributed by atoms with E-state index < -0.39 is 76.3 Å². The summed E-state index contributed by atoms with van der Waals surface area (Å²) in [6.45, 7) is 1.89. The zero-order valence-electron chi connectivity index (χ0n) is 21.5. The molecular formula is C26H26F4N2O6S2. The number of halogens is 4. The maximum atomic E-state index is 15.4. The second kappa shape index (κ2) is 11.1. The van der Waals surface area contributed by atoms with Gasteiger partial charge in [0.25, 0.3) is 0 Å². The summed E-state index contributed by atoms with van der Waals surface area (Å²) in [5.41, 5.74) is -2.36. The normalized spacial score (nSPS) is 22.0. The first-order valence-electron chi connectivity index (χ1n) is 12.1. The summed E-state index contributed by atoms with van der Waals surface area (Å²) in [6.07, 6.45) is -5.11. The molecule has 2 aromatic carbocycles. The molecule has 0 aromatic heterocycles. The average Bonchev–Trinajstić information content (AvgIpc) is 2.81. The Morgan fingerprint density at radius 1 is 1.07 bits per heavy atom. The Labute approximate surface area is 229 Å². The first kappa shape index (κ1) is 29.9. The molecule has 2 atom stereocenters. The number of sulfone groups is 2. The van der Waals surface area contributed by atoms with Crippen molar-refractivity contribution >= 4 is 31.4 Å². The number of esters is 1. The first-order chi connectivity index (χ1) is 18.6. The van der Waals surface area contributed by atoms with E-state index in [-0.39, 0.29) is 24.6 Å². The number of ether oxygens (including phenoxy) is 1. The molecule has 2 aliphatic rings. The van der Waals surface area contributed by atoms with E-state index in [1.807, 2.05) is 35.2 Å². The van der Waals surface area contributed by atoms with E-state index in [0.29, 0.717) is 12.6 Å². The molecular weight excluding hydrogens is 576 g/mol. The number of fused-ring (bicyclic) bond motifs is 1. The highest BCUT2D eigenvalue weighted by Crippen LogP contribution is 2.44. The van der Waals surface area contributed by atoms with Gasteiger partial charge in [-0.2, -0.15) is 13.2 Å². The largest absolute Gasteiger partial charge is 0.461 e. The molecule has 2 unspecified atom stereocenters. The van der Waals surface area contributed by atoms with Gasteiger partial charge in [0, 0.05) is 24.7 Å². The fourth-order valence-electron chi connectivity index (χ4n) is 4.98. The number of hydrogen-bond acceptors (Lipinski definition) is 8. The lowest BCUT2D eigenvalue weighted by atomic mass is 9.82.